The Morgan fingerprint density at radius 1 is 1.46 bits per heavy atom. The average Bonchev–Trinajstić information content (AvgIpc) is 3.02. The molecule has 1 saturated carbocycles. The van der Waals surface area contributed by atoms with Gasteiger partial charge in [-0.3, -0.25) is 9.69 Å². The Kier molecular flexibility index (Phi) is 4.33. The van der Waals surface area contributed by atoms with Crippen molar-refractivity contribution in [3.63, 3.8) is 0 Å². The van der Waals surface area contributed by atoms with Crippen LogP contribution in [-0.2, 0) is 10.5 Å². The zero-order valence-electron chi connectivity index (χ0n) is 12.7. The van der Waals surface area contributed by atoms with Crippen molar-refractivity contribution in [1.29, 1.82) is 0 Å². The third-order valence-corrected chi connectivity index (χ3v) is 6.15. The van der Waals surface area contributed by atoms with Crippen LogP contribution in [0.4, 0.5) is 5.13 Å². The molecule has 3 heterocycles. The van der Waals surface area contributed by atoms with Gasteiger partial charge < -0.3 is 4.52 Å². The minimum Gasteiger partial charge on any atom is -0.334 e. The molecule has 1 fully saturated rings. The maximum Gasteiger partial charge on any atom is 0.258 e. The second-order valence-electron chi connectivity index (χ2n) is 5.29. The highest BCUT2D eigenvalue weighted by molar-refractivity contribution is 8.00. The van der Waals surface area contributed by atoms with E-state index in [2.05, 4.69) is 20.3 Å². The van der Waals surface area contributed by atoms with Crippen molar-refractivity contribution in [2.75, 3.05) is 4.90 Å². The van der Waals surface area contributed by atoms with E-state index in [4.69, 9.17) is 4.52 Å². The number of hydrogen-bond acceptors (Lipinski definition) is 9. The van der Waals surface area contributed by atoms with Crippen molar-refractivity contribution in [2.45, 2.75) is 35.9 Å². The molecule has 124 valence electrons. The van der Waals surface area contributed by atoms with Gasteiger partial charge in [0.2, 0.25) is 11.0 Å². The molecule has 0 N–H and O–H groups in total. The van der Waals surface area contributed by atoms with Gasteiger partial charge >= 0.3 is 0 Å². The van der Waals surface area contributed by atoms with Crippen molar-refractivity contribution in [3.8, 4) is 11.5 Å². The Morgan fingerprint density at radius 3 is 3.04 bits per heavy atom. The van der Waals surface area contributed by atoms with Gasteiger partial charge in [-0.1, -0.05) is 28.3 Å². The minimum atomic E-state index is 0.0174. The summed E-state index contributed by atoms with van der Waals surface area (Å²) >= 11 is 4.50. The molecule has 10 heteroatoms. The monoisotopic (exact) mass is 379 g/mol. The molecule has 0 spiro atoms. The Labute approximate surface area is 150 Å². The third-order valence-electron chi connectivity index (χ3n) is 3.41. The number of hydrogen-bond donors (Lipinski definition) is 0. The highest BCUT2D eigenvalue weighted by atomic mass is 32.2. The summed E-state index contributed by atoms with van der Waals surface area (Å²) in [6.45, 7) is 1.57. The maximum absolute atomic E-state index is 11.8. The Hall–Kier alpha value is -1.78. The Morgan fingerprint density at radius 2 is 2.33 bits per heavy atom. The summed E-state index contributed by atoms with van der Waals surface area (Å²) in [6.07, 6.45) is 2.08. The average molecular weight is 379 g/mol. The quantitative estimate of drug-likeness (QED) is 0.479. The first kappa shape index (κ1) is 15.7. The molecule has 4 rings (SSSR count). The van der Waals surface area contributed by atoms with Gasteiger partial charge in [0.05, 0.1) is 11.3 Å². The second kappa shape index (κ2) is 6.61. The fourth-order valence-electron chi connectivity index (χ4n) is 2.18. The lowest BCUT2D eigenvalue weighted by molar-refractivity contribution is -0.116. The SMILES string of the molecule is CC(=O)N(c1nnc(SCc2noc(-c3ccsc3)n2)s1)C1CC1. The first-order chi connectivity index (χ1) is 11.7. The number of nitrogens with zero attached hydrogens (tertiary/aromatic N) is 5. The fraction of sp³-hybridized carbons (Fsp3) is 0.357. The first-order valence-corrected chi connectivity index (χ1v) is 10.1. The van der Waals surface area contributed by atoms with Gasteiger partial charge in [-0.15, -0.1) is 10.2 Å². The Balaban J connectivity index is 1.40. The normalized spacial score (nSPS) is 14.0. The molecule has 1 aliphatic carbocycles. The number of carbonyl (C=O) groups is 1. The molecule has 3 aromatic heterocycles. The van der Waals surface area contributed by atoms with E-state index in [9.17, 15) is 4.79 Å². The van der Waals surface area contributed by atoms with Gasteiger partial charge in [-0.05, 0) is 24.3 Å². The smallest absolute Gasteiger partial charge is 0.258 e. The summed E-state index contributed by atoms with van der Waals surface area (Å²) in [7, 11) is 0. The van der Waals surface area contributed by atoms with Crippen LogP contribution in [0.5, 0.6) is 0 Å². The number of thioether (sulfide) groups is 1. The molecule has 0 bridgehead atoms. The summed E-state index contributed by atoms with van der Waals surface area (Å²) in [5.41, 5.74) is 0.934. The van der Waals surface area contributed by atoms with E-state index in [0.29, 0.717) is 28.6 Å². The van der Waals surface area contributed by atoms with Crippen LogP contribution in [0, 0.1) is 0 Å². The van der Waals surface area contributed by atoms with E-state index in [0.717, 1.165) is 22.7 Å². The molecule has 0 aromatic carbocycles. The molecule has 0 unspecified atom stereocenters. The number of anilines is 1. The number of aromatic nitrogens is 4. The van der Waals surface area contributed by atoms with Crippen LogP contribution in [0.25, 0.3) is 11.5 Å². The summed E-state index contributed by atoms with van der Waals surface area (Å²) in [4.78, 5) is 17.9. The zero-order valence-corrected chi connectivity index (χ0v) is 15.2. The van der Waals surface area contributed by atoms with Gasteiger partial charge in [0.1, 0.15) is 0 Å². The lowest BCUT2D eigenvalue weighted by atomic mass is 10.3. The van der Waals surface area contributed by atoms with Crippen LogP contribution in [0.3, 0.4) is 0 Å². The van der Waals surface area contributed by atoms with Gasteiger partial charge in [0, 0.05) is 18.3 Å². The van der Waals surface area contributed by atoms with E-state index in [1.54, 1.807) is 23.2 Å². The molecule has 1 amide bonds. The van der Waals surface area contributed by atoms with Gasteiger partial charge in [0.25, 0.3) is 5.89 Å². The molecule has 24 heavy (non-hydrogen) atoms. The van der Waals surface area contributed by atoms with Crippen LogP contribution >= 0.6 is 34.4 Å². The number of rotatable bonds is 6. The molecule has 0 aliphatic heterocycles. The number of amides is 1. The van der Waals surface area contributed by atoms with Gasteiger partial charge in [0.15, 0.2) is 10.2 Å². The fourth-order valence-corrected chi connectivity index (χ4v) is 4.61. The van der Waals surface area contributed by atoms with E-state index in [-0.39, 0.29) is 5.91 Å². The van der Waals surface area contributed by atoms with Crippen molar-refractivity contribution < 1.29 is 9.32 Å². The van der Waals surface area contributed by atoms with Crippen molar-refractivity contribution in [2.24, 2.45) is 0 Å². The van der Waals surface area contributed by atoms with Crippen molar-refractivity contribution in [3.05, 3.63) is 22.7 Å². The van der Waals surface area contributed by atoms with Crippen LogP contribution in [-0.4, -0.2) is 32.3 Å². The maximum atomic E-state index is 11.8. The summed E-state index contributed by atoms with van der Waals surface area (Å²) in [5.74, 6) is 1.71. The van der Waals surface area contributed by atoms with Gasteiger partial charge in [-0.25, -0.2) is 0 Å². The van der Waals surface area contributed by atoms with E-state index in [1.165, 1.54) is 23.1 Å². The predicted molar refractivity (Wildman–Crippen MR) is 93.3 cm³/mol. The highest BCUT2D eigenvalue weighted by Crippen LogP contribution is 2.36. The minimum absolute atomic E-state index is 0.0174. The second-order valence-corrected chi connectivity index (χ2v) is 8.25. The molecular weight excluding hydrogens is 366 g/mol. The molecule has 0 atom stereocenters. The molecule has 3 aromatic rings. The Bertz CT molecular complexity index is 840. The summed E-state index contributed by atoms with van der Waals surface area (Å²) < 4.78 is 6.05. The first-order valence-electron chi connectivity index (χ1n) is 7.32. The van der Waals surface area contributed by atoms with Crippen LogP contribution in [0.1, 0.15) is 25.6 Å². The molecule has 1 aliphatic rings. The van der Waals surface area contributed by atoms with Gasteiger partial charge in [-0.2, -0.15) is 16.3 Å². The van der Waals surface area contributed by atoms with E-state index < -0.39 is 0 Å². The number of carbonyl (C=O) groups excluding carboxylic acids is 1. The highest BCUT2D eigenvalue weighted by Gasteiger charge is 2.34. The molecular formula is C14H13N5O2S3. The van der Waals surface area contributed by atoms with Crippen LogP contribution in [0.15, 0.2) is 25.7 Å². The van der Waals surface area contributed by atoms with Crippen LogP contribution in [0.2, 0.25) is 0 Å². The van der Waals surface area contributed by atoms with E-state index >= 15 is 0 Å². The largest absolute Gasteiger partial charge is 0.334 e. The number of thiophene rings is 1. The third kappa shape index (κ3) is 3.35. The predicted octanol–water partition coefficient (Wildman–Crippen LogP) is 3.46. The van der Waals surface area contributed by atoms with Crippen molar-refractivity contribution in [1.82, 2.24) is 20.3 Å². The summed E-state index contributed by atoms with van der Waals surface area (Å²) in [5, 5.41) is 16.9. The molecule has 0 saturated heterocycles. The molecule has 0 radical (unpaired) electrons. The zero-order chi connectivity index (χ0) is 16.5. The van der Waals surface area contributed by atoms with E-state index in [1.807, 2.05) is 16.8 Å². The topological polar surface area (TPSA) is 85.0 Å². The lowest BCUT2D eigenvalue weighted by Gasteiger charge is -2.15. The standard InChI is InChI=1S/C14H13N5O2S3/c1-8(20)19(10-2-3-10)13-16-17-14(24-13)23-7-11-15-12(21-18-11)9-4-5-22-6-9/h4-6,10H,2-3,7H2,1H3. The van der Waals surface area contributed by atoms with Crippen molar-refractivity contribution >= 4 is 45.5 Å². The van der Waals surface area contributed by atoms with Crippen LogP contribution < -0.4 is 4.90 Å². The lowest BCUT2D eigenvalue weighted by Crippen LogP contribution is -2.30. The molecule has 7 nitrogen and oxygen atoms in total. The summed E-state index contributed by atoms with van der Waals surface area (Å²) in [6, 6.07) is 2.24.